The van der Waals surface area contributed by atoms with Gasteiger partial charge in [0.2, 0.25) is 5.91 Å². The molecule has 0 atom stereocenters. The minimum Gasteiger partial charge on any atom is -0.406 e. The van der Waals surface area contributed by atoms with Gasteiger partial charge < -0.3 is 19.5 Å². The number of carbonyl (C=O) groups is 2. The molecule has 0 radical (unpaired) electrons. The lowest BCUT2D eigenvalue weighted by molar-refractivity contribution is -0.274. The number of aryl methyl sites for hydroxylation is 1. The average molecular weight is 663 g/mol. The third-order valence-electron chi connectivity index (χ3n) is 6.72. The van der Waals surface area contributed by atoms with Crippen LogP contribution in [-0.2, 0) is 11.0 Å². The predicted octanol–water partition coefficient (Wildman–Crippen LogP) is 7.50. The first kappa shape index (κ1) is 32.4. The lowest BCUT2D eigenvalue weighted by Crippen LogP contribution is -2.32. The molecule has 9 nitrogen and oxygen atoms in total. The number of amides is 3. The van der Waals surface area contributed by atoms with E-state index in [-0.39, 0.29) is 16.7 Å². The molecule has 1 aliphatic heterocycles. The number of benzene rings is 3. The smallest absolute Gasteiger partial charge is 0.406 e. The van der Waals surface area contributed by atoms with Crippen LogP contribution in [0.2, 0.25) is 0 Å². The Kier molecular flexibility index (Phi) is 8.75. The Bertz CT molecular complexity index is 1820. The fourth-order valence-electron chi connectivity index (χ4n) is 4.53. The highest BCUT2D eigenvalue weighted by Crippen LogP contribution is 2.41. The third kappa shape index (κ3) is 7.28. The van der Waals surface area contributed by atoms with Crippen LogP contribution in [0.4, 0.5) is 48.2 Å². The number of aliphatic imine (C=N–C) groups is 1. The summed E-state index contributed by atoms with van der Waals surface area (Å²) in [7, 11) is 3.29. The second kappa shape index (κ2) is 12.4. The van der Waals surface area contributed by atoms with Crippen molar-refractivity contribution >= 4 is 45.9 Å². The van der Waals surface area contributed by atoms with E-state index in [0.717, 1.165) is 22.7 Å². The average Bonchev–Trinajstić information content (AvgIpc) is 3.60. The van der Waals surface area contributed by atoms with Crippen LogP contribution in [-0.4, -0.2) is 52.9 Å². The van der Waals surface area contributed by atoms with Crippen LogP contribution in [0.5, 0.6) is 5.75 Å². The van der Waals surface area contributed by atoms with Gasteiger partial charge in [-0.25, -0.2) is 9.78 Å². The topological polar surface area (TPSA) is 92.1 Å². The maximum atomic E-state index is 13.9. The summed E-state index contributed by atoms with van der Waals surface area (Å²) in [5, 5.41) is 2.41. The zero-order valence-electron chi connectivity index (χ0n) is 24.3. The number of alkyl halides is 6. The van der Waals surface area contributed by atoms with Gasteiger partial charge in [-0.05, 0) is 67.1 Å². The highest BCUT2D eigenvalue weighted by molar-refractivity contribution is 8.15. The van der Waals surface area contributed by atoms with Crippen molar-refractivity contribution in [1.82, 2.24) is 9.55 Å². The summed E-state index contributed by atoms with van der Waals surface area (Å²) >= 11 is 0.850. The van der Waals surface area contributed by atoms with Crippen LogP contribution in [0.25, 0.3) is 16.9 Å². The Balaban J connectivity index is 1.33. The second-order valence-electron chi connectivity index (χ2n) is 10.2. The Hall–Kier alpha value is -4.99. The third-order valence-corrected chi connectivity index (χ3v) is 7.64. The Labute approximate surface area is 262 Å². The van der Waals surface area contributed by atoms with Crippen LogP contribution in [0.15, 0.2) is 78.2 Å². The number of aromatic nitrogens is 2. The number of carbonyl (C=O) groups excluding carboxylic acids is 2. The van der Waals surface area contributed by atoms with Crippen molar-refractivity contribution < 1.29 is 40.7 Å². The van der Waals surface area contributed by atoms with E-state index < -0.39 is 35.7 Å². The quantitative estimate of drug-likeness (QED) is 0.215. The Morgan fingerprint density at radius 1 is 1.02 bits per heavy atom. The van der Waals surface area contributed by atoms with Crippen molar-refractivity contribution in [3.63, 3.8) is 0 Å². The van der Waals surface area contributed by atoms with Gasteiger partial charge in [-0.15, -0.1) is 13.2 Å². The largest absolute Gasteiger partial charge is 0.573 e. The summed E-state index contributed by atoms with van der Waals surface area (Å²) in [6.45, 7) is 1.71. The van der Waals surface area contributed by atoms with Crippen molar-refractivity contribution in [1.29, 1.82) is 0 Å². The van der Waals surface area contributed by atoms with E-state index >= 15 is 0 Å². The van der Waals surface area contributed by atoms with E-state index in [0.29, 0.717) is 33.9 Å². The van der Waals surface area contributed by atoms with Crippen molar-refractivity contribution in [3.05, 3.63) is 84.3 Å². The molecule has 1 fully saturated rings. The van der Waals surface area contributed by atoms with E-state index in [1.165, 1.54) is 42.7 Å². The standard InChI is InChI=1S/C30H24F6N6O3S/c1-17-12-18(24-14-41(16-37-24)19-5-8-21(9-6-19)45-30(34,35)36)4-11-23(17)38-27(44)39-28-42(26(43)15-46-28)25-13-20(40(2)3)7-10-22(25)29(31,32)33/h4-14,16H,15H2,1-3H3,(H,38,44)/b39-28-. The molecule has 1 aromatic heterocycles. The molecule has 1 saturated heterocycles. The van der Waals surface area contributed by atoms with Crippen LogP contribution >= 0.6 is 11.8 Å². The molecule has 3 aromatic carbocycles. The SMILES string of the molecule is Cc1cc(-c2cn(-c3ccc(OC(F)(F)F)cc3)cn2)ccc1NC(=O)/N=C1\SCC(=O)N1c1cc(N(C)C)ccc1C(F)(F)F. The number of anilines is 3. The van der Waals surface area contributed by atoms with Crippen LogP contribution in [0, 0.1) is 6.92 Å². The van der Waals surface area contributed by atoms with Crippen LogP contribution < -0.4 is 19.9 Å². The summed E-state index contributed by atoms with van der Waals surface area (Å²) < 4.78 is 84.4. The van der Waals surface area contributed by atoms with Gasteiger partial charge in [-0.1, -0.05) is 17.8 Å². The molecular formula is C30H24F6N6O3S. The number of urea groups is 1. The fraction of sp³-hybridized carbons (Fsp3) is 0.200. The highest BCUT2D eigenvalue weighted by Gasteiger charge is 2.40. The number of hydrogen-bond donors (Lipinski definition) is 1. The number of amidine groups is 1. The van der Waals surface area contributed by atoms with E-state index in [2.05, 4.69) is 20.0 Å². The Morgan fingerprint density at radius 2 is 1.74 bits per heavy atom. The van der Waals surface area contributed by atoms with Gasteiger partial charge in [0, 0.05) is 42.9 Å². The van der Waals surface area contributed by atoms with Gasteiger partial charge in [-0.2, -0.15) is 18.2 Å². The molecule has 0 aliphatic carbocycles. The first-order chi connectivity index (χ1) is 21.6. The van der Waals surface area contributed by atoms with Crippen LogP contribution in [0.3, 0.4) is 0 Å². The number of halogens is 6. The molecule has 1 aliphatic rings. The number of rotatable bonds is 6. The van der Waals surface area contributed by atoms with Gasteiger partial charge in [0.15, 0.2) is 5.17 Å². The zero-order chi connectivity index (χ0) is 33.4. The molecule has 16 heteroatoms. The predicted molar refractivity (Wildman–Crippen MR) is 163 cm³/mol. The van der Waals surface area contributed by atoms with Crippen molar-refractivity contribution in [3.8, 4) is 22.7 Å². The fourth-order valence-corrected chi connectivity index (χ4v) is 5.39. The molecule has 0 unspecified atom stereocenters. The van der Waals surface area contributed by atoms with Gasteiger partial charge in [-0.3, -0.25) is 9.69 Å². The number of hydrogen-bond acceptors (Lipinski definition) is 6. The minimum absolute atomic E-state index is 0.193. The summed E-state index contributed by atoms with van der Waals surface area (Å²) in [5.74, 6) is -1.20. The number of nitrogens with one attached hydrogen (secondary N) is 1. The lowest BCUT2D eigenvalue weighted by Gasteiger charge is -2.23. The summed E-state index contributed by atoms with van der Waals surface area (Å²) in [5.41, 5.74) is 1.68. The summed E-state index contributed by atoms with van der Waals surface area (Å²) in [6, 6.07) is 12.8. The maximum Gasteiger partial charge on any atom is 0.573 e. The molecule has 4 aromatic rings. The summed E-state index contributed by atoms with van der Waals surface area (Å²) in [4.78, 5) is 36.3. The number of thioether (sulfide) groups is 1. The molecule has 1 N–H and O–H groups in total. The molecule has 0 saturated carbocycles. The minimum atomic E-state index is -4.80. The normalized spacial score (nSPS) is 14.6. The lowest BCUT2D eigenvalue weighted by atomic mass is 10.1. The monoisotopic (exact) mass is 662 g/mol. The van der Waals surface area contributed by atoms with E-state index in [1.54, 1.807) is 54.9 Å². The van der Waals surface area contributed by atoms with Crippen LogP contribution in [0.1, 0.15) is 11.1 Å². The zero-order valence-corrected chi connectivity index (χ0v) is 25.1. The first-order valence-electron chi connectivity index (χ1n) is 13.3. The summed E-state index contributed by atoms with van der Waals surface area (Å²) in [6.07, 6.45) is -6.40. The number of ether oxygens (including phenoxy) is 1. The number of nitrogens with zero attached hydrogens (tertiary/aromatic N) is 5. The molecule has 5 rings (SSSR count). The van der Waals surface area contributed by atoms with Gasteiger partial charge >= 0.3 is 18.6 Å². The molecule has 0 spiro atoms. The second-order valence-corrected chi connectivity index (χ2v) is 11.1. The molecule has 0 bridgehead atoms. The molecule has 2 heterocycles. The van der Waals surface area contributed by atoms with E-state index in [1.807, 2.05) is 0 Å². The Morgan fingerprint density at radius 3 is 2.37 bits per heavy atom. The van der Waals surface area contributed by atoms with E-state index in [4.69, 9.17) is 0 Å². The molecular weight excluding hydrogens is 638 g/mol. The molecule has 240 valence electrons. The van der Waals surface area contributed by atoms with Gasteiger partial charge in [0.1, 0.15) is 5.75 Å². The van der Waals surface area contributed by atoms with Gasteiger partial charge in [0.05, 0.1) is 29.0 Å². The molecule has 46 heavy (non-hydrogen) atoms. The number of imidazole rings is 1. The van der Waals surface area contributed by atoms with Crippen molar-refractivity contribution in [2.24, 2.45) is 4.99 Å². The van der Waals surface area contributed by atoms with Gasteiger partial charge in [0.25, 0.3) is 0 Å². The van der Waals surface area contributed by atoms with Crippen molar-refractivity contribution in [2.75, 3.05) is 35.0 Å². The highest BCUT2D eigenvalue weighted by atomic mass is 32.2. The molecule has 3 amide bonds. The van der Waals surface area contributed by atoms with Crippen molar-refractivity contribution in [2.45, 2.75) is 19.5 Å². The van der Waals surface area contributed by atoms with E-state index in [9.17, 15) is 35.9 Å². The first-order valence-corrected chi connectivity index (χ1v) is 14.3. The maximum absolute atomic E-state index is 13.9.